The van der Waals surface area contributed by atoms with Crippen molar-refractivity contribution in [1.29, 1.82) is 0 Å². The van der Waals surface area contributed by atoms with Gasteiger partial charge in [0, 0.05) is 23.7 Å². The number of nitrogens with zero attached hydrogens (tertiary/aromatic N) is 1. The quantitative estimate of drug-likeness (QED) is 0.654. The molecule has 2 aromatic carbocycles. The van der Waals surface area contributed by atoms with Crippen molar-refractivity contribution in [2.75, 3.05) is 31.6 Å². The summed E-state index contributed by atoms with van der Waals surface area (Å²) >= 11 is 5.88. The zero-order chi connectivity index (χ0) is 21.5. The standard InChI is InChI=1S/C22H25ClN2O5/c1-2-29-21(27)13-24-18-6-4-3-5-17(18)22(28)25-12-11-20(19(26)14-25)30-16-9-7-15(23)8-10-16/h3-10,19-20,24,26H,2,11-14H2,1H3/t19-,20-/m1/s1. The van der Waals surface area contributed by atoms with Gasteiger partial charge in [0.05, 0.1) is 18.7 Å². The highest BCUT2D eigenvalue weighted by atomic mass is 35.5. The second-order valence-electron chi connectivity index (χ2n) is 6.92. The van der Waals surface area contributed by atoms with Crippen LogP contribution in [0.3, 0.4) is 0 Å². The maximum Gasteiger partial charge on any atom is 0.325 e. The monoisotopic (exact) mass is 432 g/mol. The van der Waals surface area contributed by atoms with Crippen LogP contribution in [0.5, 0.6) is 5.75 Å². The van der Waals surface area contributed by atoms with Crippen molar-refractivity contribution in [3.63, 3.8) is 0 Å². The minimum atomic E-state index is -0.821. The predicted octanol–water partition coefficient (Wildman–Crippen LogP) is 2.97. The minimum absolute atomic E-state index is 0.0300. The van der Waals surface area contributed by atoms with Crippen LogP contribution in [0.2, 0.25) is 5.02 Å². The first-order chi connectivity index (χ1) is 14.5. The number of hydrogen-bond donors (Lipinski definition) is 2. The van der Waals surface area contributed by atoms with E-state index in [4.69, 9.17) is 21.1 Å². The van der Waals surface area contributed by atoms with Gasteiger partial charge in [-0.2, -0.15) is 0 Å². The number of nitrogens with one attached hydrogen (secondary N) is 1. The molecule has 1 fully saturated rings. The molecule has 2 aromatic rings. The normalized spacial score (nSPS) is 18.6. The number of para-hydroxylation sites is 1. The number of piperidine rings is 1. The lowest BCUT2D eigenvalue weighted by atomic mass is 10.0. The van der Waals surface area contributed by atoms with E-state index >= 15 is 0 Å². The van der Waals surface area contributed by atoms with Crippen molar-refractivity contribution >= 4 is 29.2 Å². The lowest BCUT2D eigenvalue weighted by molar-refractivity contribution is -0.140. The van der Waals surface area contributed by atoms with E-state index < -0.39 is 18.2 Å². The Morgan fingerprint density at radius 2 is 1.93 bits per heavy atom. The molecule has 1 aliphatic rings. The van der Waals surface area contributed by atoms with E-state index in [2.05, 4.69) is 5.32 Å². The zero-order valence-electron chi connectivity index (χ0n) is 16.7. The van der Waals surface area contributed by atoms with Gasteiger partial charge in [0.15, 0.2) is 0 Å². The molecule has 0 aliphatic carbocycles. The summed E-state index contributed by atoms with van der Waals surface area (Å²) < 4.78 is 10.8. The summed E-state index contributed by atoms with van der Waals surface area (Å²) in [6, 6.07) is 13.9. The van der Waals surface area contributed by atoms with Crippen LogP contribution in [0, 0.1) is 0 Å². The second-order valence-corrected chi connectivity index (χ2v) is 7.36. The van der Waals surface area contributed by atoms with Crippen molar-refractivity contribution in [3.8, 4) is 5.75 Å². The Bertz CT molecular complexity index is 874. The molecule has 0 spiro atoms. The van der Waals surface area contributed by atoms with Gasteiger partial charge in [0.1, 0.15) is 24.5 Å². The maximum atomic E-state index is 13.0. The van der Waals surface area contributed by atoms with Crippen LogP contribution in [-0.2, 0) is 9.53 Å². The summed E-state index contributed by atoms with van der Waals surface area (Å²) in [4.78, 5) is 26.2. The van der Waals surface area contributed by atoms with Crippen molar-refractivity contribution in [3.05, 3.63) is 59.1 Å². The van der Waals surface area contributed by atoms with Gasteiger partial charge in [0.2, 0.25) is 0 Å². The number of β-amino-alcohol motifs (C(OH)–C–C–N with tert-alkyl or cyclic N) is 1. The van der Waals surface area contributed by atoms with Gasteiger partial charge >= 0.3 is 5.97 Å². The van der Waals surface area contributed by atoms with Gasteiger partial charge in [-0.3, -0.25) is 9.59 Å². The third-order valence-corrected chi connectivity index (χ3v) is 5.05. The number of anilines is 1. The Labute approximate surface area is 180 Å². The smallest absolute Gasteiger partial charge is 0.325 e. The number of rotatable bonds is 7. The van der Waals surface area contributed by atoms with E-state index in [1.54, 1.807) is 60.4 Å². The molecule has 160 valence electrons. The molecule has 0 unspecified atom stereocenters. The third-order valence-electron chi connectivity index (χ3n) is 4.79. The van der Waals surface area contributed by atoms with Crippen LogP contribution in [-0.4, -0.2) is 60.3 Å². The van der Waals surface area contributed by atoms with Gasteiger partial charge in [-0.05, 0) is 43.3 Å². The molecule has 0 radical (unpaired) electrons. The largest absolute Gasteiger partial charge is 0.488 e. The van der Waals surface area contributed by atoms with E-state index in [0.717, 1.165) is 0 Å². The van der Waals surface area contributed by atoms with Crippen LogP contribution in [0.25, 0.3) is 0 Å². The SMILES string of the molecule is CCOC(=O)CNc1ccccc1C(=O)N1CC[C@@H](Oc2ccc(Cl)cc2)[C@H](O)C1. The van der Waals surface area contributed by atoms with E-state index in [1.807, 2.05) is 0 Å². The molecule has 8 heteroatoms. The number of esters is 1. The van der Waals surface area contributed by atoms with Gasteiger partial charge < -0.3 is 24.8 Å². The highest BCUT2D eigenvalue weighted by Gasteiger charge is 2.32. The van der Waals surface area contributed by atoms with Crippen molar-refractivity contribution < 1.29 is 24.2 Å². The Morgan fingerprint density at radius 3 is 2.63 bits per heavy atom. The Hall–Kier alpha value is -2.77. The second kappa shape index (κ2) is 10.3. The molecule has 1 aliphatic heterocycles. The maximum absolute atomic E-state index is 13.0. The van der Waals surface area contributed by atoms with Crippen LogP contribution in [0.4, 0.5) is 5.69 Å². The van der Waals surface area contributed by atoms with Crippen molar-refractivity contribution in [2.24, 2.45) is 0 Å². The van der Waals surface area contributed by atoms with Crippen LogP contribution < -0.4 is 10.1 Å². The summed E-state index contributed by atoms with van der Waals surface area (Å²) in [5.74, 6) is 0.0121. The van der Waals surface area contributed by atoms with E-state index in [0.29, 0.717) is 41.6 Å². The fourth-order valence-corrected chi connectivity index (χ4v) is 3.42. The molecule has 0 aromatic heterocycles. The first-order valence-electron chi connectivity index (χ1n) is 9.86. The Kier molecular flexibility index (Phi) is 7.54. The number of likely N-dealkylation sites (tertiary alicyclic amines) is 1. The lowest BCUT2D eigenvalue weighted by Gasteiger charge is -2.36. The predicted molar refractivity (Wildman–Crippen MR) is 114 cm³/mol. The molecule has 1 amide bonds. The first kappa shape index (κ1) is 21.9. The molecule has 1 saturated heterocycles. The molecule has 0 saturated carbocycles. The number of carbonyl (C=O) groups is 2. The number of hydrogen-bond acceptors (Lipinski definition) is 6. The van der Waals surface area contributed by atoms with Crippen LogP contribution in [0.1, 0.15) is 23.7 Å². The average molecular weight is 433 g/mol. The van der Waals surface area contributed by atoms with Crippen molar-refractivity contribution in [2.45, 2.75) is 25.6 Å². The molecular weight excluding hydrogens is 408 g/mol. The van der Waals surface area contributed by atoms with Gasteiger partial charge in [-0.1, -0.05) is 23.7 Å². The van der Waals surface area contributed by atoms with Crippen molar-refractivity contribution in [1.82, 2.24) is 4.90 Å². The zero-order valence-corrected chi connectivity index (χ0v) is 17.5. The number of aliphatic hydroxyl groups excluding tert-OH is 1. The van der Waals surface area contributed by atoms with Gasteiger partial charge in [0.25, 0.3) is 5.91 Å². The molecule has 7 nitrogen and oxygen atoms in total. The Morgan fingerprint density at radius 1 is 1.20 bits per heavy atom. The fourth-order valence-electron chi connectivity index (χ4n) is 3.29. The van der Waals surface area contributed by atoms with E-state index in [9.17, 15) is 14.7 Å². The Balaban J connectivity index is 1.61. The number of halogens is 1. The first-order valence-corrected chi connectivity index (χ1v) is 10.2. The molecule has 30 heavy (non-hydrogen) atoms. The number of amides is 1. The summed E-state index contributed by atoms with van der Waals surface area (Å²) in [7, 11) is 0. The lowest BCUT2D eigenvalue weighted by Crippen LogP contribution is -2.51. The highest BCUT2D eigenvalue weighted by molar-refractivity contribution is 6.30. The van der Waals surface area contributed by atoms with Crippen LogP contribution >= 0.6 is 11.6 Å². The molecule has 1 heterocycles. The molecular formula is C22H25ClN2O5. The summed E-state index contributed by atoms with van der Waals surface area (Å²) in [6.45, 7) is 2.61. The summed E-state index contributed by atoms with van der Waals surface area (Å²) in [5.41, 5.74) is 0.982. The van der Waals surface area contributed by atoms with E-state index in [-0.39, 0.29) is 19.0 Å². The summed E-state index contributed by atoms with van der Waals surface area (Å²) in [6.07, 6.45) is -0.737. The number of aliphatic hydroxyl groups is 1. The molecule has 0 bridgehead atoms. The number of benzene rings is 2. The van der Waals surface area contributed by atoms with Gasteiger partial charge in [-0.25, -0.2) is 0 Å². The topological polar surface area (TPSA) is 88.1 Å². The highest BCUT2D eigenvalue weighted by Crippen LogP contribution is 2.24. The van der Waals surface area contributed by atoms with Crippen LogP contribution in [0.15, 0.2) is 48.5 Å². The van der Waals surface area contributed by atoms with E-state index in [1.165, 1.54) is 0 Å². The van der Waals surface area contributed by atoms with Gasteiger partial charge in [-0.15, -0.1) is 0 Å². The minimum Gasteiger partial charge on any atom is -0.488 e. The number of carbonyl (C=O) groups excluding carboxylic acids is 2. The molecule has 2 N–H and O–H groups in total. The fraction of sp³-hybridized carbons (Fsp3) is 0.364. The summed E-state index contributed by atoms with van der Waals surface area (Å²) in [5, 5.41) is 14.1. The molecule has 2 atom stereocenters. The third kappa shape index (κ3) is 5.64. The molecule has 3 rings (SSSR count). The average Bonchev–Trinajstić information content (AvgIpc) is 2.75. The number of ether oxygens (including phenoxy) is 2.